The van der Waals surface area contributed by atoms with Crippen molar-refractivity contribution >= 4 is 5.91 Å². The molecule has 114 valence electrons. The van der Waals surface area contributed by atoms with E-state index in [0.717, 1.165) is 32.6 Å². The molecule has 4 heteroatoms. The van der Waals surface area contributed by atoms with Crippen molar-refractivity contribution in [2.75, 3.05) is 26.2 Å². The minimum atomic E-state index is 0.403. The fraction of sp³-hybridized carbons (Fsp3) is 0.938. The first kappa shape index (κ1) is 14.3. The van der Waals surface area contributed by atoms with Gasteiger partial charge in [0.1, 0.15) is 0 Å². The lowest BCUT2D eigenvalue weighted by atomic mass is 9.89. The molecule has 0 aliphatic carbocycles. The van der Waals surface area contributed by atoms with Gasteiger partial charge in [0.05, 0.1) is 0 Å². The molecule has 1 amide bonds. The molecule has 4 nitrogen and oxygen atoms in total. The number of nitrogens with zero attached hydrogens (tertiary/aromatic N) is 2. The van der Waals surface area contributed by atoms with E-state index in [-0.39, 0.29) is 0 Å². The number of piperazine rings is 1. The van der Waals surface area contributed by atoms with E-state index in [1.807, 2.05) is 0 Å². The van der Waals surface area contributed by atoms with Crippen molar-refractivity contribution in [1.82, 2.24) is 15.1 Å². The summed E-state index contributed by atoms with van der Waals surface area (Å²) >= 11 is 0. The summed E-state index contributed by atoms with van der Waals surface area (Å²) in [6.45, 7) is 8.41. The maximum Gasteiger partial charge on any atom is 0.222 e. The van der Waals surface area contributed by atoms with Crippen molar-refractivity contribution < 1.29 is 4.79 Å². The van der Waals surface area contributed by atoms with Gasteiger partial charge in [0, 0.05) is 50.7 Å². The molecule has 3 heterocycles. The third kappa shape index (κ3) is 3.17. The normalized spacial score (nSPS) is 34.8. The number of carbonyl (C=O) groups is 1. The third-order valence-electron chi connectivity index (χ3n) is 5.43. The number of rotatable bonds is 3. The fourth-order valence-electron chi connectivity index (χ4n) is 4.21. The van der Waals surface area contributed by atoms with Crippen LogP contribution in [0.1, 0.15) is 46.0 Å². The van der Waals surface area contributed by atoms with E-state index in [1.54, 1.807) is 0 Å². The number of carbonyl (C=O) groups excluding carboxylic acids is 1. The summed E-state index contributed by atoms with van der Waals surface area (Å²) in [7, 11) is 0. The molecule has 0 aromatic carbocycles. The summed E-state index contributed by atoms with van der Waals surface area (Å²) in [5.41, 5.74) is 0. The number of nitrogens with one attached hydrogen (secondary N) is 1. The summed E-state index contributed by atoms with van der Waals surface area (Å²) in [6, 6.07) is 2.00. The number of hydrogen-bond acceptors (Lipinski definition) is 3. The first-order chi connectivity index (χ1) is 9.61. The average molecular weight is 279 g/mol. The molecule has 0 radical (unpaired) electrons. The Morgan fingerprint density at radius 1 is 1.10 bits per heavy atom. The molecule has 1 N–H and O–H groups in total. The van der Waals surface area contributed by atoms with Crippen molar-refractivity contribution in [3.63, 3.8) is 0 Å². The van der Waals surface area contributed by atoms with E-state index in [1.165, 1.54) is 25.7 Å². The minimum Gasteiger partial charge on any atom is -0.340 e. The molecule has 2 unspecified atom stereocenters. The van der Waals surface area contributed by atoms with E-state index < -0.39 is 0 Å². The van der Waals surface area contributed by atoms with Crippen LogP contribution in [-0.2, 0) is 4.79 Å². The zero-order chi connectivity index (χ0) is 14.1. The van der Waals surface area contributed by atoms with Gasteiger partial charge in [-0.2, -0.15) is 0 Å². The van der Waals surface area contributed by atoms with Crippen LogP contribution in [0.25, 0.3) is 0 Å². The molecule has 3 fully saturated rings. The molecule has 0 aromatic heterocycles. The second-order valence-corrected chi connectivity index (χ2v) is 7.19. The Hall–Kier alpha value is -0.610. The average Bonchev–Trinajstić information content (AvgIpc) is 2.78. The van der Waals surface area contributed by atoms with Crippen molar-refractivity contribution in [2.45, 2.75) is 64.1 Å². The molecule has 3 saturated heterocycles. The maximum atomic E-state index is 12.5. The van der Waals surface area contributed by atoms with Crippen LogP contribution in [0.2, 0.25) is 0 Å². The number of piperidine rings is 1. The van der Waals surface area contributed by atoms with Gasteiger partial charge in [-0.05, 0) is 45.4 Å². The van der Waals surface area contributed by atoms with Crippen LogP contribution in [-0.4, -0.2) is 60.0 Å². The van der Waals surface area contributed by atoms with Crippen LogP contribution in [0, 0.1) is 5.92 Å². The van der Waals surface area contributed by atoms with Gasteiger partial charge in [-0.1, -0.05) is 0 Å². The molecule has 0 aromatic rings. The summed E-state index contributed by atoms with van der Waals surface area (Å²) < 4.78 is 0. The molecular weight excluding hydrogens is 250 g/mol. The molecule has 2 bridgehead atoms. The number of fused-ring (bicyclic) bond motifs is 2. The zero-order valence-electron chi connectivity index (χ0n) is 13.0. The molecule has 20 heavy (non-hydrogen) atoms. The Morgan fingerprint density at radius 3 is 2.25 bits per heavy atom. The highest BCUT2D eigenvalue weighted by Crippen LogP contribution is 2.33. The highest BCUT2D eigenvalue weighted by molar-refractivity contribution is 5.76. The Bertz CT molecular complexity index is 338. The SMILES string of the molecule is CC(C)N1CCN(C(=O)CC2CC3CCC(C2)N3)CC1. The van der Waals surface area contributed by atoms with E-state index in [9.17, 15) is 4.79 Å². The lowest BCUT2D eigenvalue weighted by Crippen LogP contribution is -2.51. The van der Waals surface area contributed by atoms with Crippen molar-refractivity contribution in [3.05, 3.63) is 0 Å². The van der Waals surface area contributed by atoms with E-state index in [0.29, 0.717) is 30.0 Å². The summed E-state index contributed by atoms with van der Waals surface area (Å²) in [6.07, 6.45) is 5.86. The van der Waals surface area contributed by atoms with Gasteiger partial charge in [-0.25, -0.2) is 0 Å². The second-order valence-electron chi connectivity index (χ2n) is 7.19. The van der Waals surface area contributed by atoms with Gasteiger partial charge >= 0.3 is 0 Å². The summed E-state index contributed by atoms with van der Waals surface area (Å²) in [4.78, 5) is 17.0. The largest absolute Gasteiger partial charge is 0.340 e. The molecular formula is C16H29N3O. The van der Waals surface area contributed by atoms with E-state index in [2.05, 4.69) is 29.0 Å². The van der Waals surface area contributed by atoms with Crippen LogP contribution >= 0.6 is 0 Å². The van der Waals surface area contributed by atoms with Gasteiger partial charge in [0.25, 0.3) is 0 Å². The van der Waals surface area contributed by atoms with Gasteiger partial charge in [0.2, 0.25) is 5.91 Å². The van der Waals surface area contributed by atoms with Gasteiger partial charge < -0.3 is 10.2 Å². The lowest BCUT2D eigenvalue weighted by molar-refractivity contribution is -0.134. The van der Waals surface area contributed by atoms with Gasteiger partial charge in [-0.3, -0.25) is 9.69 Å². The van der Waals surface area contributed by atoms with Crippen LogP contribution < -0.4 is 5.32 Å². The van der Waals surface area contributed by atoms with Gasteiger partial charge in [-0.15, -0.1) is 0 Å². The highest BCUT2D eigenvalue weighted by Gasteiger charge is 2.35. The Labute approximate surface area is 122 Å². The predicted molar refractivity (Wildman–Crippen MR) is 80.6 cm³/mol. The molecule has 0 saturated carbocycles. The predicted octanol–water partition coefficient (Wildman–Crippen LogP) is 1.46. The van der Waals surface area contributed by atoms with Crippen LogP contribution in [0.15, 0.2) is 0 Å². The Balaban J connectivity index is 1.45. The lowest BCUT2D eigenvalue weighted by Gasteiger charge is -2.38. The topological polar surface area (TPSA) is 35.6 Å². The number of amides is 1. The van der Waals surface area contributed by atoms with Crippen molar-refractivity contribution in [1.29, 1.82) is 0 Å². The molecule has 2 atom stereocenters. The monoisotopic (exact) mass is 279 g/mol. The molecule has 3 rings (SSSR count). The Kier molecular flexibility index (Phi) is 4.32. The number of hydrogen-bond donors (Lipinski definition) is 1. The summed E-state index contributed by atoms with van der Waals surface area (Å²) in [5.74, 6) is 1.03. The fourth-order valence-corrected chi connectivity index (χ4v) is 4.21. The first-order valence-corrected chi connectivity index (χ1v) is 8.39. The van der Waals surface area contributed by atoms with E-state index >= 15 is 0 Å². The van der Waals surface area contributed by atoms with Crippen molar-refractivity contribution in [2.24, 2.45) is 5.92 Å². The van der Waals surface area contributed by atoms with Crippen LogP contribution in [0.3, 0.4) is 0 Å². The second kappa shape index (κ2) is 6.02. The quantitative estimate of drug-likeness (QED) is 0.849. The highest BCUT2D eigenvalue weighted by atomic mass is 16.2. The maximum absolute atomic E-state index is 12.5. The van der Waals surface area contributed by atoms with Crippen LogP contribution in [0.4, 0.5) is 0 Å². The van der Waals surface area contributed by atoms with E-state index in [4.69, 9.17) is 0 Å². The van der Waals surface area contributed by atoms with Crippen LogP contribution in [0.5, 0.6) is 0 Å². The molecule has 3 aliphatic rings. The zero-order valence-corrected chi connectivity index (χ0v) is 13.0. The Morgan fingerprint density at radius 2 is 1.70 bits per heavy atom. The minimum absolute atomic E-state index is 0.403. The first-order valence-electron chi connectivity index (χ1n) is 8.39. The van der Waals surface area contributed by atoms with Crippen molar-refractivity contribution in [3.8, 4) is 0 Å². The third-order valence-corrected chi connectivity index (χ3v) is 5.43. The molecule has 0 spiro atoms. The van der Waals surface area contributed by atoms with Gasteiger partial charge in [0.15, 0.2) is 0 Å². The standard InChI is InChI=1S/C16H29N3O/c1-12(2)18-5-7-19(8-6-18)16(20)11-13-9-14-3-4-15(10-13)17-14/h12-15,17H,3-11H2,1-2H3. The summed E-state index contributed by atoms with van der Waals surface area (Å²) in [5, 5.41) is 3.66. The molecule has 3 aliphatic heterocycles. The smallest absolute Gasteiger partial charge is 0.222 e.